The molecule has 1 aliphatic heterocycles. The van der Waals surface area contributed by atoms with Gasteiger partial charge in [-0.25, -0.2) is 0 Å². The summed E-state index contributed by atoms with van der Waals surface area (Å²) in [6.07, 6.45) is 10.5. The van der Waals surface area contributed by atoms with Crippen LogP contribution in [0.1, 0.15) is 64.7 Å². The topological polar surface area (TPSA) is 49.6 Å². The van der Waals surface area contributed by atoms with E-state index in [2.05, 4.69) is 16.7 Å². The number of carbonyl (C=O) groups is 1. The number of hydrogen-bond acceptors (Lipinski definition) is 3. The first-order chi connectivity index (χ1) is 10.3. The van der Waals surface area contributed by atoms with Gasteiger partial charge in [0, 0.05) is 32.6 Å². The molecule has 0 aliphatic carbocycles. The molecule has 4 heteroatoms. The Morgan fingerprint density at radius 2 is 1.57 bits per heavy atom. The van der Waals surface area contributed by atoms with Crippen molar-refractivity contribution in [2.45, 2.75) is 64.7 Å². The lowest BCUT2D eigenvalue weighted by Gasteiger charge is -2.34. The molecule has 0 aromatic rings. The third-order valence-corrected chi connectivity index (χ3v) is 4.40. The first-order valence-corrected chi connectivity index (χ1v) is 8.98. The highest BCUT2D eigenvalue weighted by molar-refractivity contribution is 5.76. The molecule has 1 fully saturated rings. The van der Waals surface area contributed by atoms with Gasteiger partial charge in [-0.05, 0) is 32.4 Å². The summed E-state index contributed by atoms with van der Waals surface area (Å²) in [6, 6.07) is 0. The molecule has 0 aromatic carbocycles. The van der Waals surface area contributed by atoms with Crippen LogP contribution >= 0.6 is 0 Å². The van der Waals surface area contributed by atoms with Gasteiger partial charge < -0.3 is 10.6 Å². The number of nitrogens with two attached hydrogens (primary N) is 1. The van der Waals surface area contributed by atoms with E-state index in [4.69, 9.17) is 5.73 Å². The fourth-order valence-corrected chi connectivity index (χ4v) is 2.92. The van der Waals surface area contributed by atoms with Gasteiger partial charge in [0.1, 0.15) is 0 Å². The molecule has 1 saturated heterocycles. The molecular formula is C17H35N3O. The normalized spacial score (nSPS) is 16.4. The van der Waals surface area contributed by atoms with Gasteiger partial charge in [0.05, 0.1) is 0 Å². The van der Waals surface area contributed by atoms with Crippen LogP contribution in [0.3, 0.4) is 0 Å². The van der Waals surface area contributed by atoms with Crippen LogP contribution in [-0.4, -0.2) is 55.0 Å². The quantitative estimate of drug-likeness (QED) is 0.596. The SMILES string of the molecule is CCCCCCCC(=O)N1CCN(CCCCCN)CC1. The highest BCUT2D eigenvalue weighted by atomic mass is 16.2. The number of unbranched alkanes of at least 4 members (excludes halogenated alkanes) is 6. The second-order valence-corrected chi connectivity index (χ2v) is 6.24. The minimum atomic E-state index is 0.370. The van der Waals surface area contributed by atoms with Crippen LogP contribution in [0.15, 0.2) is 0 Å². The van der Waals surface area contributed by atoms with Crippen molar-refractivity contribution < 1.29 is 4.79 Å². The van der Waals surface area contributed by atoms with Gasteiger partial charge in [0.25, 0.3) is 0 Å². The van der Waals surface area contributed by atoms with E-state index in [1.54, 1.807) is 0 Å². The number of nitrogens with zero attached hydrogens (tertiary/aromatic N) is 2. The second-order valence-electron chi connectivity index (χ2n) is 6.24. The molecule has 0 unspecified atom stereocenters. The van der Waals surface area contributed by atoms with Gasteiger partial charge >= 0.3 is 0 Å². The van der Waals surface area contributed by atoms with Crippen LogP contribution in [0.25, 0.3) is 0 Å². The zero-order chi connectivity index (χ0) is 15.3. The lowest BCUT2D eigenvalue weighted by molar-refractivity contribution is -0.133. The van der Waals surface area contributed by atoms with Crippen LogP contribution in [0.4, 0.5) is 0 Å². The van der Waals surface area contributed by atoms with Crippen LogP contribution in [0.2, 0.25) is 0 Å². The van der Waals surface area contributed by atoms with Crippen molar-refractivity contribution >= 4 is 5.91 Å². The van der Waals surface area contributed by atoms with E-state index in [0.717, 1.165) is 52.0 Å². The van der Waals surface area contributed by atoms with E-state index in [-0.39, 0.29) is 0 Å². The van der Waals surface area contributed by atoms with Crippen LogP contribution in [0, 0.1) is 0 Å². The maximum Gasteiger partial charge on any atom is 0.222 e. The molecule has 0 saturated carbocycles. The highest BCUT2D eigenvalue weighted by Gasteiger charge is 2.19. The Morgan fingerprint density at radius 1 is 0.905 bits per heavy atom. The molecule has 1 rings (SSSR count). The third-order valence-electron chi connectivity index (χ3n) is 4.40. The van der Waals surface area contributed by atoms with Crippen molar-refractivity contribution in [3.63, 3.8) is 0 Å². The van der Waals surface area contributed by atoms with Crippen molar-refractivity contribution in [1.82, 2.24) is 9.80 Å². The van der Waals surface area contributed by atoms with Crippen LogP contribution < -0.4 is 5.73 Å². The van der Waals surface area contributed by atoms with Crippen LogP contribution in [0.5, 0.6) is 0 Å². The molecule has 2 N–H and O–H groups in total. The Morgan fingerprint density at radius 3 is 2.24 bits per heavy atom. The molecule has 0 atom stereocenters. The van der Waals surface area contributed by atoms with Gasteiger partial charge in [0.15, 0.2) is 0 Å². The minimum absolute atomic E-state index is 0.370. The zero-order valence-corrected chi connectivity index (χ0v) is 14.0. The van der Waals surface area contributed by atoms with Gasteiger partial charge in [0.2, 0.25) is 5.91 Å². The number of piperazine rings is 1. The molecule has 0 radical (unpaired) electrons. The van der Waals surface area contributed by atoms with Crippen molar-refractivity contribution in [2.24, 2.45) is 5.73 Å². The molecule has 1 aliphatic rings. The van der Waals surface area contributed by atoms with E-state index in [1.807, 2.05) is 0 Å². The summed E-state index contributed by atoms with van der Waals surface area (Å²) in [7, 11) is 0. The largest absolute Gasteiger partial charge is 0.340 e. The van der Waals surface area contributed by atoms with Gasteiger partial charge in [-0.2, -0.15) is 0 Å². The molecule has 0 bridgehead atoms. The maximum atomic E-state index is 12.1. The van der Waals surface area contributed by atoms with Crippen molar-refractivity contribution in [2.75, 3.05) is 39.3 Å². The summed E-state index contributed by atoms with van der Waals surface area (Å²) in [5, 5.41) is 0. The van der Waals surface area contributed by atoms with E-state index in [9.17, 15) is 4.79 Å². The predicted octanol–water partition coefficient (Wildman–Crippen LogP) is 2.62. The van der Waals surface area contributed by atoms with Crippen LogP contribution in [-0.2, 0) is 4.79 Å². The lowest BCUT2D eigenvalue weighted by atomic mass is 10.1. The molecule has 1 heterocycles. The Kier molecular flexibility index (Phi) is 10.5. The van der Waals surface area contributed by atoms with Gasteiger partial charge in [-0.1, -0.05) is 39.0 Å². The Labute approximate surface area is 131 Å². The number of amides is 1. The number of rotatable bonds is 11. The van der Waals surface area contributed by atoms with Crippen molar-refractivity contribution in [1.29, 1.82) is 0 Å². The first-order valence-electron chi connectivity index (χ1n) is 8.98. The monoisotopic (exact) mass is 297 g/mol. The summed E-state index contributed by atoms with van der Waals surface area (Å²) in [5.74, 6) is 0.370. The predicted molar refractivity (Wildman–Crippen MR) is 89.3 cm³/mol. The van der Waals surface area contributed by atoms with Gasteiger partial charge in [-0.15, -0.1) is 0 Å². The second kappa shape index (κ2) is 12.0. The molecule has 4 nitrogen and oxygen atoms in total. The molecule has 1 amide bonds. The Bertz CT molecular complexity index is 263. The number of carbonyl (C=O) groups excluding carboxylic acids is 1. The van der Waals surface area contributed by atoms with E-state index >= 15 is 0 Å². The standard InChI is InChI=1S/C17H35N3O/c1-2-3-4-5-7-10-17(21)20-15-13-19(14-16-20)12-9-6-8-11-18/h2-16,18H2,1H3. The third kappa shape index (κ3) is 8.42. The van der Waals surface area contributed by atoms with E-state index in [0.29, 0.717) is 5.91 Å². The molecular weight excluding hydrogens is 262 g/mol. The molecule has 124 valence electrons. The fourth-order valence-electron chi connectivity index (χ4n) is 2.92. The smallest absolute Gasteiger partial charge is 0.222 e. The Balaban J connectivity index is 2.04. The minimum Gasteiger partial charge on any atom is -0.340 e. The molecule has 0 aromatic heterocycles. The van der Waals surface area contributed by atoms with Crippen molar-refractivity contribution in [3.8, 4) is 0 Å². The Hall–Kier alpha value is -0.610. The first kappa shape index (κ1) is 18.4. The average molecular weight is 297 g/mol. The fraction of sp³-hybridized carbons (Fsp3) is 0.941. The molecule has 21 heavy (non-hydrogen) atoms. The van der Waals surface area contributed by atoms with Gasteiger partial charge in [-0.3, -0.25) is 9.69 Å². The number of hydrogen-bond donors (Lipinski definition) is 1. The lowest BCUT2D eigenvalue weighted by Crippen LogP contribution is -2.48. The summed E-state index contributed by atoms with van der Waals surface area (Å²) >= 11 is 0. The summed E-state index contributed by atoms with van der Waals surface area (Å²) in [5.41, 5.74) is 5.51. The van der Waals surface area contributed by atoms with Crippen molar-refractivity contribution in [3.05, 3.63) is 0 Å². The molecule has 0 spiro atoms. The maximum absolute atomic E-state index is 12.1. The summed E-state index contributed by atoms with van der Waals surface area (Å²) in [4.78, 5) is 16.7. The van der Waals surface area contributed by atoms with E-state index in [1.165, 1.54) is 45.1 Å². The summed E-state index contributed by atoms with van der Waals surface area (Å²) in [6.45, 7) is 8.13. The highest BCUT2D eigenvalue weighted by Crippen LogP contribution is 2.10. The van der Waals surface area contributed by atoms with E-state index < -0.39 is 0 Å². The zero-order valence-electron chi connectivity index (χ0n) is 14.0. The average Bonchev–Trinajstić information content (AvgIpc) is 2.52. The summed E-state index contributed by atoms with van der Waals surface area (Å²) < 4.78 is 0.